The van der Waals surface area contributed by atoms with E-state index in [9.17, 15) is 4.79 Å². The van der Waals surface area contributed by atoms with Gasteiger partial charge < -0.3 is 14.5 Å². The average Bonchev–Trinajstić information content (AvgIpc) is 3.48. The van der Waals surface area contributed by atoms with Crippen molar-refractivity contribution < 1.29 is 9.53 Å². The standard InChI is InChI=1S/C28H34N4O2/c1-4-5-6-21(2)15-26-20-31(27(33)34-26)19-22-7-9-23(10-8-22)24-16-25-17-28(25,29-18-24)32-13-11-30(3)12-14-32/h4-10,16,18,25-26H,1-2,11-15,17,19-20H2,3H3/b6-5-. The van der Waals surface area contributed by atoms with Gasteiger partial charge in [-0.3, -0.25) is 9.89 Å². The quantitative estimate of drug-likeness (QED) is 0.550. The highest BCUT2D eigenvalue weighted by Crippen LogP contribution is 2.53. The minimum atomic E-state index is -0.259. The van der Waals surface area contributed by atoms with Crippen molar-refractivity contribution in [2.75, 3.05) is 39.8 Å². The molecule has 3 heterocycles. The highest BCUT2D eigenvalue weighted by Gasteiger charge is 2.58. The number of carbonyl (C=O) groups is 1. The third-order valence-corrected chi connectivity index (χ3v) is 7.38. The maximum atomic E-state index is 12.3. The Morgan fingerprint density at radius 1 is 1.24 bits per heavy atom. The van der Waals surface area contributed by atoms with Crippen LogP contribution < -0.4 is 0 Å². The Hall–Kier alpha value is -2.96. The van der Waals surface area contributed by atoms with Gasteiger partial charge in [-0.2, -0.15) is 0 Å². The number of benzene rings is 1. The Bertz CT molecular complexity index is 1050. The molecule has 6 nitrogen and oxygen atoms in total. The molecule has 1 saturated carbocycles. The van der Waals surface area contributed by atoms with Gasteiger partial charge in [-0.15, -0.1) is 0 Å². The van der Waals surface area contributed by atoms with E-state index in [1.165, 1.54) is 11.1 Å². The van der Waals surface area contributed by atoms with Gasteiger partial charge in [0.2, 0.25) is 0 Å². The van der Waals surface area contributed by atoms with Crippen LogP contribution in [0.15, 0.2) is 72.3 Å². The lowest BCUT2D eigenvalue weighted by molar-refractivity contribution is 0.0975. The fourth-order valence-electron chi connectivity index (χ4n) is 5.25. The lowest BCUT2D eigenvalue weighted by Crippen LogP contribution is -2.50. The molecule has 3 atom stereocenters. The predicted octanol–water partition coefficient (Wildman–Crippen LogP) is 4.13. The number of hydrogen-bond donors (Lipinski definition) is 0. The molecule has 3 fully saturated rings. The van der Waals surface area contributed by atoms with E-state index >= 15 is 0 Å². The van der Waals surface area contributed by atoms with Crippen molar-refractivity contribution in [3.05, 3.63) is 78.4 Å². The molecule has 5 rings (SSSR count). The molecule has 2 saturated heterocycles. The van der Waals surface area contributed by atoms with Crippen LogP contribution in [0.25, 0.3) is 5.57 Å². The second-order valence-electron chi connectivity index (χ2n) is 9.90. The van der Waals surface area contributed by atoms with Crippen LogP contribution in [-0.4, -0.2) is 78.5 Å². The van der Waals surface area contributed by atoms with Gasteiger partial charge in [0.05, 0.1) is 6.54 Å². The Balaban J connectivity index is 1.16. The third kappa shape index (κ3) is 4.65. The molecule has 3 aliphatic heterocycles. The van der Waals surface area contributed by atoms with E-state index in [-0.39, 0.29) is 17.9 Å². The summed E-state index contributed by atoms with van der Waals surface area (Å²) in [5.41, 5.74) is 4.42. The number of hydrogen-bond acceptors (Lipinski definition) is 5. The van der Waals surface area contributed by atoms with E-state index in [4.69, 9.17) is 9.73 Å². The van der Waals surface area contributed by atoms with Crippen LogP contribution >= 0.6 is 0 Å². The topological polar surface area (TPSA) is 48.4 Å². The van der Waals surface area contributed by atoms with Crippen molar-refractivity contribution in [2.24, 2.45) is 10.9 Å². The van der Waals surface area contributed by atoms with Crippen LogP contribution in [0.1, 0.15) is 24.0 Å². The SMILES string of the molecule is C=C/C=C\C(=C)CC1CN(Cc2ccc(C3=CC4CC4(N4CCN(C)CC4)N=C3)cc2)C(=O)O1. The lowest BCUT2D eigenvalue weighted by Gasteiger charge is -2.37. The maximum Gasteiger partial charge on any atom is 0.410 e. The van der Waals surface area contributed by atoms with Crippen molar-refractivity contribution in [2.45, 2.75) is 31.2 Å². The van der Waals surface area contributed by atoms with E-state index in [0.29, 0.717) is 25.4 Å². The van der Waals surface area contributed by atoms with Gasteiger partial charge in [0, 0.05) is 51.3 Å². The van der Waals surface area contributed by atoms with Gasteiger partial charge in [-0.25, -0.2) is 4.79 Å². The van der Waals surface area contributed by atoms with Crippen molar-refractivity contribution in [1.29, 1.82) is 0 Å². The van der Waals surface area contributed by atoms with E-state index in [1.807, 2.05) is 12.2 Å². The van der Waals surface area contributed by atoms with Crippen LogP contribution in [0.2, 0.25) is 0 Å². The molecule has 1 aliphatic carbocycles. The Labute approximate surface area is 202 Å². The lowest BCUT2D eigenvalue weighted by atomic mass is 10.0. The minimum absolute atomic E-state index is 0.0180. The first-order valence-electron chi connectivity index (χ1n) is 12.2. The first kappa shape index (κ1) is 22.8. The molecule has 178 valence electrons. The number of likely N-dealkylation sites (N-methyl/N-ethyl adjacent to an activating group) is 1. The normalized spacial score (nSPS) is 29.1. The number of cyclic esters (lactones) is 1. The number of carbonyl (C=O) groups excluding carboxylic acids is 1. The number of nitrogens with zero attached hydrogens (tertiary/aromatic N) is 4. The number of allylic oxidation sites excluding steroid dienone is 4. The summed E-state index contributed by atoms with van der Waals surface area (Å²) in [6.45, 7) is 13.3. The summed E-state index contributed by atoms with van der Waals surface area (Å²) in [5, 5.41) is 0. The summed E-state index contributed by atoms with van der Waals surface area (Å²) in [7, 11) is 2.19. The van der Waals surface area contributed by atoms with E-state index in [1.54, 1.807) is 11.0 Å². The van der Waals surface area contributed by atoms with Gasteiger partial charge in [0.25, 0.3) is 0 Å². The van der Waals surface area contributed by atoms with Crippen molar-refractivity contribution >= 4 is 17.9 Å². The van der Waals surface area contributed by atoms with Gasteiger partial charge in [0.1, 0.15) is 11.8 Å². The molecule has 1 aromatic carbocycles. The van der Waals surface area contributed by atoms with Crippen molar-refractivity contribution in [1.82, 2.24) is 14.7 Å². The van der Waals surface area contributed by atoms with E-state index in [2.05, 4.69) is 66.6 Å². The fraction of sp³-hybridized carbons (Fsp3) is 0.429. The van der Waals surface area contributed by atoms with E-state index < -0.39 is 0 Å². The summed E-state index contributed by atoms with van der Waals surface area (Å²) in [6, 6.07) is 8.48. The molecule has 34 heavy (non-hydrogen) atoms. The zero-order chi connectivity index (χ0) is 23.7. The number of dihydropyridines is 1. The zero-order valence-electron chi connectivity index (χ0n) is 20.0. The molecule has 1 aromatic rings. The summed E-state index contributed by atoms with van der Waals surface area (Å²) < 4.78 is 5.53. The molecule has 0 spiro atoms. The fourth-order valence-corrected chi connectivity index (χ4v) is 5.25. The van der Waals surface area contributed by atoms with Crippen molar-refractivity contribution in [3.63, 3.8) is 0 Å². The highest BCUT2D eigenvalue weighted by atomic mass is 16.6. The maximum absolute atomic E-state index is 12.3. The molecule has 4 aliphatic rings. The number of fused-ring (bicyclic) bond motifs is 1. The van der Waals surface area contributed by atoms with Gasteiger partial charge in [-0.05, 0) is 30.2 Å². The molecule has 0 aromatic heterocycles. The number of amides is 1. The van der Waals surface area contributed by atoms with Gasteiger partial charge in [-0.1, -0.05) is 67.3 Å². The molecule has 1 amide bonds. The Morgan fingerprint density at radius 3 is 2.71 bits per heavy atom. The van der Waals surface area contributed by atoms with Crippen LogP contribution in [0.4, 0.5) is 4.79 Å². The summed E-state index contributed by atoms with van der Waals surface area (Å²) in [4.78, 5) is 24.1. The zero-order valence-corrected chi connectivity index (χ0v) is 20.0. The number of rotatable bonds is 8. The monoisotopic (exact) mass is 458 g/mol. The number of aliphatic imine (C=N–C) groups is 1. The Morgan fingerprint density at radius 2 is 2.00 bits per heavy atom. The summed E-state index contributed by atoms with van der Waals surface area (Å²) in [5.74, 6) is 0.517. The second kappa shape index (κ2) is 9.35. The second-order valence-corrected chi connectivity index (χ2v) is 9.90. The number of piperazine rings is 1. The largest absolute Gasteiger partial charge is 0.444 e. The van der Waals surface area contributed by atoms with Crippen LogP contribution in [0.5, 0.6) is 0 Å². The highest BCUT2D eigenvalue weighted by molar-refractivity contribution is 6.11. The molecular weight excluding hydrogens is 424 g/mol. The third-order valence-electron chi connectivity index (χ3n) is 7.38. The first-order chi connectivity index (χ1) is 16.5. The Kier molecular flexibility index (Phi) is 6.28. The summed E-state index contributed by atoms with van der Waals surface area (Å²) in [6.07, 6.45) is 11.3. The van der Waals surface area contributed by atoms with Gasteiger partial charge in [0.15, 0.2) is 0 Å². The molecule has 0 N–H and O–H groups in total. The van der Waals surface area contributed by atoms with Gasteiger partial charge >= 0.3 is 6.09 Å². The van der Waals surface area contributed by atoms with Crippen LogP contribution in [0.3, 0.4) is 0 Å². The first-order valence-corrected chi connectivity index (χ1v) is 12.2. The minimum Gasteiger partial charge on any atom is -0.444 e. The van der Waals surface area contributed by atoms with Crippen LogP contribution in [-0.2, 0) is 11.3 Å². The predicted molar refractivity (Wildman–Crippen MR) is 137 cm³/mol. The molecule has 0 radical (unpaired) electrons. The van der Waals surface area contributed by atoms with E-state index in [0.717, 1.165) is 43.7 Å². The molecule has 0 bridgehead atoms. The number of ether oxygens (including phenoxy) is 1. The smallest absolute Gasteiger partial charge is 0.410 e. The molecular formula is C28H34N4O2. The summed E-state index contributed by atoms with van der Waals surface area (Å²) >= 11 is 0. The van der Waals surface area contributed by atoms with Crippen LogP contribution in [0, 0.1) is 5.92 Å². The molecule has 6 heteroatoms. The average molecular weight is 459 g/mol. The van der Waals surface area contributed by atoms with Crippen molar-refractivity contribution in [3.8, 4) is 0 Å². The molecule has 3 unspecified atom stereocenters.